The quantitative estimate of drug-likeness (QED) is 0.224. The Morgan fingerprint density at radius 2 is 1.04 bits per heavy atom. The van der Waals surface area contributed by atoms with Crippen molar-refractivity contribution >= 4 is 31.1 Å². The van der Waals surface area contributed by atoms with E-state index in [1.165, 1.54) is 43.2 Å². The third kappa shape index (κ3) is 8.92. The van der Waals surface area contributed by atoms with Crippen LogP contribution in [0, 0.1) is 14.9 Å². The van der Waals surface area contributed by atoms with Crippen molar-refractivity contribution in [2.75, 3.05) is 0 Å². The molecular weight excluding hydrogens is 408 g/mol. The zero-order valence-electron chi connectivity index (χ0n) is 16.5. The van der Waals surface area contributed by atoms with Crippen molar-refractivity contribution in [1.29, 1.82) is 0 Å². The molecule has 26 heavy (non-hydrogen) atoms. The number of hydrogen-bond acceptors (Lipinski definition) is 0. The van der Waals surface area contributed by atoms with Crippen molar-refractivity contribution in [3.05, 3.63) is 99.8 Å². The van der Waals surface area contributed by atoms with Crippen LogP contribution in [0.1, 0.15) is 13.8 Å². The van der Waals surface area contributed by atoms with E-state index in [4.69, 9.17) is 0 Å². The van der Waals surface area contributed by atoms with Gasteiger partial charge in [-0.05, 0) is 0 Å². The van der Waals surface area contributed by atoms with Crippen molar-refractivity contribution in [3.8, 4) is 0 Å². The van der Waals surface area contributed by atoms with Gasteiger partial charge >= 0.3 is 26.2 Å². The van der Waals surface area contributed by atoms with Crippen molar-refractivity contribution in [2.45, 2.75) is 25.9 Å². The third-order valence-corrected chi connectivity index (χ3v) is 4.60. The fraction of sp³-hybridized carbons (Fsp3) is 0.167. The topological polar surface area (TPSA) is 0 Å². The minimum Gasteiger partial charge on any atom is -0.358 e. The molecule has 0 bridgehead atoms. The molecule has 134 valence electrons. The Hall–Kier alpha value is -1.24. The zero-order valence-corrected chi connectivity index (χ0v) is 20.0. The van der Waals surface area contributed by atoms with Crippen LogP contribution in [0.2, 0.25) is 12.1 Å². The normalized spacial score (nSPS) is 8.69. The number of rotatable bonds is 2. The van der Waals surface area contributed by atoms with Crippen molar-refractivity contribution < 1.29 is 26.2 Å². The van der Waals surface area contributed by atoms with Crippen molar-refractivity contribution in [3.63, 3.8) is 0 Å². The molecule has 0 fully saturated rings. The first-order chi connectivity index (χ1) is 11.3. The van der Waals surface area contributed by atoms with E-state index in [0.29, 0.717) is 0 Å². The van der Waals surface area contributed by atoms with Gasteiger partial charge in [-0.15, -0.1) is 59.3 Å². The maximum absolute atomic E-state index is 2.22. The average Bonchev–Trinajstić information content (AvgIpc) is 3.26. The van der Waals surface area contributed by atoms with Gasteiger partial charge in [-0.2, -0.15) is 35.0 Å². The maximum Gasteiger partial charge on any atom is 4.00 e. The molecule has 0 nitrogen and oxygen atoms in total. The van der Waals surface area contributed by atoms with Gasteiger partial charge in [0.2, 0.25) is 0 Å². The Bertz CT molecular complexity index is 669. The van der Waals surface area contributed by atoms with Gasteiger partial charge in [0, 0.05) is 9.52 Å². The fourth-order valence-corrected chi connectivity index (χ4v) is 2.89. The molecule has 0 aromatic heterocycles. The molecule has 0 unspecified atom stereocenters. The van der Waals surface area contributed by atoms with Crippen LogP contribution in [0.25, 0.3) is 21.5 Å². The van der Waals surface area contributed by atoms with E-state index in [2.05, 4.69) is 98.8 Å². The van der Waals surface area contributed by atoms with E-state index in [1.54, 1.807) is 0 Å². The summed E-state index contributed by atoms with van der Waals surface area (Å²) in [5.41, 5.74) is 0. The fourth-order valence-electron chi connectivity index (χ4n) is 2.39. The van der Waals surface area contributed by atoms with E-state index in [9.17, 15) is 0 Å². The molecule has 0 atom stereocenters. The van der Waals surface area contributed by atoms with Crippen LogP contribution in [0.4, 0.5) is 0 Å². The second-order valence-electron chi connectivity index (χ2n) is 5.27. The van der Waals surface area contributed by atoms with Gasteiger partial charge < -0.3 is 14.9 Å². The third-order valence-electron chi connectivity index (χ3n) is 3.60. The molecule has 4 aromatic carbocycles. The van der Waals surface area contributed by atoms with Crippen LogP contribution < -0.4 is 0 Å². The summed E-state index contributed by atoms with van der Waals surface area (Å²) in [7, 11) is 1.20. The molecule has 0 aliphatic carbocycles. The van der Waals surface area contributed by atoms with E-state index in [0.717, 1.165) is 0 Å². The van der Waals surface area contributed by atoms with E-state index in [1.807, 2.05) is 0 Å². The Balaban J connectivity index is 0. The molecule has 0 saturated carbocycles. The second kappa shape index (κ2) is 16.0. The van der Waals surface area contributed by atoms with Gasteiger partial charge in [0.25, 0.3) is 0 Å². The molecule has 4 rings (SSSR count). The monoisotopic (exact) mass is 436 g/mol. The Kier molecular flexibility index (Phi) is 16.6. The SMILES string of the molecule is CC[Si]CC.[CH3-].[CH3-].[Zr+4].c1ccc2[cH-]ccc2c1.c1ccc2[cH-]ccc2c1. The molecule has 0 amide bonds. The smallest absolute Gasteiger partial charge is 0.358 e. The first kappa shape index (κ1) is 27.0. The second-order valence-corrected chi connectivity index (χ2v) is 7.18. The number of hydrogen-bond donors (Lipinski definition) is 0. The molecule has 0 heterocycles. The van der Waals surface area contributed by atoms with Gasteiger partial charge in [0.1, 0.15) is 0 Å². The molecule has 0 spiro atoms. The largest absolute Gasteiger partial charge is 4.00 e. The summed E-state index contributed by atoms with van der Waals surface area (Å²) in [4.78, 5) is 0. The predicted molar refractivity (Wildman–Crippen MR) is 119 cm³/mol. The number of fused-ring (bicyclic) bond motifs is 2. The standard InChI is InChI=1S/2C9H7.C4H10Si.2CH3.Zr/c2*1-2-5-9-7-3-6-8(9)4-1;1-3-5-4-2;;;/h2*1-7H;3-4H2,1-2H3;2*1H3;/q2*-1;;2*-1;+4. The van der Waals surface area contributed by atoms with Crippen molar-refractivity contribution in [1.82, 2.24) is 0 Å². The molecule has 4 aromatic rings. The first-order valence-corrected chi connectivity index (χ1v) is 9.68. The zero-order chi connectivity index (χ0) is 16.3. The molecule has 2 radical (unpaired) electrons. The summed E-state index contributed by atoms with van der Waals surface area (Å²) in [6, 6.07) is 32.1. The summed E-state index contributed by atoms with van der Waals surface area (Å²) >= 11 is 0. The van der Waals surface area contributed by atoms with E-state index in [-0.39, 0.29) is 41.1 Å². The average molecular weight is 438 g/mol. The van der Waals surface area contributed by atoms with Gasteiger partial charge in [-0.25, -0.2) is 0 Å². The van der Waals surface area contributed by atoms with E-state index < -0.39 is 0 Å². The van der Waals surface area contributed by atoms with Crippen LogP contribution in [0.3, 0.4) is 0 Å². The van der Waals surface area contributed by atoms with Crippen LogP contribution >= 0.6 is 0 Å². The van der Waals surface area contributed by atoms with E-state index >= 15 is 0 Å². The van der Waals surface area contributed by atoms with Crippen LogP contribution in [-0.4, -0.2) is 9.52 Å². The predicted octanol–water partition coefficient (Wildman–Crippen LogP) is 7.58. The minimum absolute atomic E-state index is 0. The molecule has 2 heteroatoms. The molecule has 0 N–H and O–H groups in total. The molecular formula is C24H30SiZr. The van der Waals surface area contributed by atoms with Gasteiger partial charge in [-0.1, -0.05) is 38.1 Å². The minimum atomic E-state index is 0. The van der Waals surface area contributed by atoms with Gasteiger partial charge in [0.05, 0.1) is 0 Å². The van der Waals surface area contributed by atoms with Crippen LogP contribution in [0.5, 0.6) is 0 Å². The van der Waals surface area contributed by atoms with Gasteiger partial charge in [0.15, 0.2) is 0 Å². The van der Waals surface area contributed by atoms with Gasteiger partial charge in [-0.3, -0.25) is 0 Å². The molecule has 0 aliphatic rings. The van der Waals surface area contributed by atoms with Crippen molar-refractivity contribution in [2.24, 2.45) is 0 Å². The molecule has 0 aliphatic heterocycles. The summed E-state index contributed by atoms with van der Waals surface area (Å²) in [6.45, 7) is 4.45. The summed E-state index contributed by atoms with van der Waals surface area (Å²) in [6.07, 6.45) is 0. The molecule has 0 saturated heterocycles. The Labute approximate surface area is 182 Å². The van der Waals surface area contributed by atoms with Crippen LogP contribution in [-0.2, 0) is 26.2 Å². The summed E-state index contributed by atoms with van der Waals surface area (Å²) in [5, 5.41) is 5.32. The first-order valence-electron chi connectivity index (χ1n) is 8.26. The Morgan fingerprint density at radius 3 is 1.35 bits per heavy atom. The summed E-state index contributed by atoms with van der Waals surface area (Å²) < 4.78 is 0. The maximum atomic E-state index is 2.22. The van der Waals surface area contributed by atoms with Crippen LogP contribution in [0.15, 0.2) is 84.9 Å². The number of benzene rings is 2. The summed E-state index contributed by atoms with van der Waals surface area (Å²) in [5.74, 6) is 0. The Morgan fingerprint density at radius 1 is 0.654 bits per heavy atom.